The number of halogens is 1. The minimum absolute atomic E-state index is 0.0634. The third kappa shape index (κ3) is 3.08. The number of aromatic amines is 1. The number of aromatic nitrogens is 6. The van der Waals surface area contributed by atoms with Crippen molar-refractivity contribution in [3.05, 3.63) is 18.7 Å². The van der Waals surface area contributed by atoms with Crippen LogP contribution in [-0.4, -0.2) is 48.6 Å². The molecule has 2 N–H and O–H groups in total. The van der Waals surface area contributed by atoms with E-state index in [0.717, 1.165) is 5.56 Å². The Hall–Kier alpha value is -2.71. The van der Waals surface area contributed by atoms with Crippen molar-refractivity contribution < 1.29 is 9.13 Å². The quantitative estimate of drug-likeness (QED) is 0.722. The number of H-pyrrole nitrogens is 1. The Bertz CT molecular complexity index is 784. The third-order valence-electron chi connectivity index (χ3n) is 3.08. The lowest BCUT2D eigenvalue weighted by Gasteiger charge is -2.12. The van der Waals surface area contributed by atoms with Crippen LogP contribution in [0, 0.1) is 0 Å². The fraction of sp³-hybridized carbons (Fsp3) is 0.429. The molecule has 0 unspecified atom stereocenters. The molecule has 0 bridgehead atoms. The summed E-state index contributed by atoms with van der Waals surface area (Å²) in [5.74, 6) is 0.840. The fourth-order valence-electron chi connectivity index (χ4n) is 2.09. The van der Waals surface area contributed by atoms with E-state index in [1.54, 1.807) is 25.6 Å². The number of hydrogen-bond donors (Lipinski definition) is 2. The van der Waals surface area contributed by atoms with Gasteiger partial charge in [-0.15, -0.1) is 5.10 Å². The van der Waals surface area contributed by atoms with Gasteiger partial charge in [0, 0.05) is 11.8 Å². The van der Waals surface area contributed by atoms with Crippen molar-refractivity contribution in [1.82, 2.24) is 29.8 Å². The van der Waals surface area contributed by atoms with Crippen LogP contribution in [0.3, 0.4) is 0 Å². The van der Waals surface area contributed by atoms with Crippen LogP contribution in [0.25, 0.3) is 16.9 Å². The summed E-state index contributed by atoms with van der Waals surface area (Å²) in [6.45, 7) is 5.04. The lowest BCUT2D eigenvalue weighted by atomic mass is 10.2. The zero-order chi connectivity index (χ0) is 16.4. The highest BCUT2D eigenvalue weighted by Crippen LogP contribution is 2.31. The van der Waals surface area contributed by atoms with Crippen molar-refractivity contribution in [3.8, 4) is 17.0 Å². The van der Waals surface area contributed by atoms with Crippen LogP contribution in [0.5, 0.6) is 5.75 Å². The summed E-state index contributed by atoms with van der Waals surface area (Å²) in [5, 5.41) is 13.8. The Morgan fingerprint density at radius 1 is 1.39 bits per heavy atom. The molecule has 3 aromatic rings. The van der Waals surface area contributed by atoms with Gasteiger partial charge in [-0.25, -0.2) is 9.37 Å². The van der Waals surface area contributed by atoms with Crippen LogP contribution in [-0.2, 0) is 0 Å². The molecule has 0 aliphatic carbocycles. The molecule has 23 heavy (non-hydrogen) atoms. The van der Waals surface area contributed by atoms with E-state index in [-0.39, 0.29) is 12.1 Å². The first-order valence-corrected chi connectivity index (χ1v) is 7.32. The molecular formula is C14H18FN7O. The molecule has 0 aliphatic heterocycles. The topological polar surface area (TPSA) is 93.0 Å². The summed E-state index contributed by atoms with van der Waals surface area (Å²) in [5.41, 5.74) is 1.92. The van der Waals surface area contributed by atoms with Gasteiger partial charge in [-0.2, -0.15) is 14.6 Å². The Morgan fingerprint density at radius 3 is 2.87 bits per heavy atom. The van der Waals surface area contributed by atoms with Gasteiger partial charge in [0.05, 0.1) is 18.3 Å². The van der Waals surface area contributed by atoms with Gasteiger partial charge in [-0.1, -0.05) is 0 Å². The van der Waals surface area contributed by atoms with Gasteiger partial charge < -0.3 is 10.1 Å². The SMILES string of the molecule is CC(C)Oc1c(-c2cn[nH]c2)ncn2nc(N[C@@H](C)CF)nc12. The van der Waals surface area contributed by atoms with Gasteiger partial charge >= 0.3 is 0 Å². The van der Waals surface area contributed by atoms with E-state index < -0.39 is 6.67 Å². The zero-order valence-corrected chi connectivity index (χ0v) is 13.1. The molecule has 0 aromatic carbocycles. The van der Waals surface area contributed by atoms with Crippen LogP contribution < -0.4 is 10.1 Å². The predicted molar refractivity (Wildman–Crippen MR) is 83.2 cm³/mol. The van der Waals surface area contributed by atoms with E-state index in [4.69, 9.17) is 4.74 Å². The first-order chi connectivity index (χ1) is 11.1. The second kappa shape index (κ2) is 6.19. The standard InChI is InChI=1S/C14H18FN7O/c1-8(2)23-12-11(10-5-17-18-6-10)16-7-22-13(12)20-14(21-22)19-9(3)4-15/h5-9H,4H2,1-3H3,(H,17,18)(H,19,21)/t9-/m0/s1. The molecule has 3 heterocycles. The fourth-order valence-corrected chi connectivity index (χ4v) is 2.09. The molecule has 3 aromatic heterocycles. The lowest BCUT2D eigenvalue weighted by Crippen LogP contribution is -2.17. The highest BCUT2D eigenvalue weighted by atomic mass is 19.1. The maximum absolute atomic E-state index is 12.7. The van der Waals surface area contributed by atoms with Gasteiger partial charge in [-0.3, -0.25) is 5.10 Å². The number of alkyl halides is 1. The molecule has 9 heteroatoms. The van der Waals surface area contributed by atoms with E-state index in [1.807, 2.05) is 13.8 Å². The number of rotatable bonds is 6. The second-order valence-electron chi connectivity index (χ2n) is 5.48. The van der Waals surface area contributed by atoms with Crippen molar-refractivity contribution in [2.75, 3.05) is 12.0 Å². The third-order valence-corrected chi connectivity index (χ3v) is 3.08. The van der Waals surface area contributed by atoms with Crippen LogP contribution in [0.15, 0.2) is 18.7 Å². The normalized spacial score (nSPS) is 12.7. The molecule has 122 valence electrons. The Kier molecular flexibility index (Phi) is 4.09. The van der Waals surface area contributed by atoms with Crippen molar-refractivity contribution in [1.29, 1.82) is 0 Å². The number of fused-ring (bicyclic) bond motifs is 1. The first kappa shape index (κ1) is 15.2. The van der Waals surface area contributed by atoms with Crippen LogP contribution >= 0.6 is 0 Å². The molecule has 0 spiro atoms. The number of hydrogen-bond acceptors (Lipinski definition) is 6. The van der Waals surface area contributed by atoms with Gasteiger partial charge in [-0.05, 0) is 20.8 Å². The van der Waals surface area contributed by atoms with Gasteiger partial charge in [0.2, 0.25) is 11.6 Å². The van der Waals surface area contributed by atoms with E-state index in [1.165, 1.54) is 4.52 Å². The Labute approximate surface area is 132 Å². The maximum atomic E-state index is 12.7. The van der Waals surface area contributed by atoms with Gasteiger partial charge in [0.1, 0.15) is 18.7 Å². The highest BCUT2D eigenvalue weighted by Gasteiger charge is 2.19. The smallest absolute Gasteiger partial charge is 0.243 e. The maximum Gasteiger partial charge on any atom is 0.243 e. The molecule has 0 aliphatic rings. The van der Waals surface area contributed by atoms with Crippen molar-refractivity contribution in [2.45, 2.75) is 32.9 Å². The summed E-state index contributed by atoms with van der Waals surface area (Å²) >= 11 is 0. The molecule has 3 rings (SSSR count). The summed E-state index contributed by atoms with van der Waals surface area (Å²) in [4.78, 5) is 8.79. The lowest BCUT2D eigenvalue weighted by molar-refractivity contribution is 0.244. The largest absolute Gasteiger partial charge is 0.485 e. The predicted octanol–water partition coefficient (Wildman–Crippen LogP) is 2.07. The highest BCUT2D eigenvalue weighted by molar-refractivity contribution is 5.73. The molecule has 0 fully saturated rings. The molecule has 0 amide bonds. The molecule has 1 atom stereocenters. The van der Waals surface area contributed by atoms with Crippen LogP contribution in [0.4, 0.5) is 10.3 Å². The van der Waals surface area contributed by atoms with E-state index in [0.29, 0.717) is 23.0 Å². The summed E-state index contributed by atoms with van der Waals surface area (Å²) in [6, 6.07) is -0.372. The van der Waals surface area contributed by atoms with E-state index in [2.05, 4.69) is 30.6 Å². The number of nitrogens with one attached hydrogen (secondary N) is 2. The van der Waals surface area contributed by atoms with E-state index >= 15 is 0 Å². The summed E-state index contributed by atoms with van der Waals surface area (Å²) < 4.78 is 20.1. The second-order valence-corrected chi connectivity index (χ2v) is 5.48. The molecule has 8 nitrogen and oxygen atoms in total. The van der Waals surface area contributed by atoms with E-state index in [9.17, 15) is 4.39 Å². The van der Waals surface area contributed by atoms with Crippen LogP contribution in [0.2, 0.25) is 0 Å². The average Bonchev–Trinajstić information content (AvgIpc) is 3.15. The molecule has 0 saturated carbocycles. The molecule has 0 saturated heterocycles. The molecular weight excluding hydrogens is 301 g/mol. The molecule has 0 radical (unpaired) electrons. The van der Waals surface area contributed by atoms with Gasteiger partial charge in [0.15, 0.2) is 5.75 Å². The van der Waals surface area contributed by atoms with Crippen LogP contribution in [0.1, 0.15) is 20.8 Å². The summed E-state index contributed by atoms with van der Waals surface area (Å²) in [7, 11) is 0. The van der Waals surface area contributed by atoms with Crippen molar-refractivity contribution in [2.24, 2.45) is 0 Å². The first-order valence-electron chi connectivity index (χ1n) is 7.32. The summed E-state index contributed by atoms with van der Waals surface area (Å²) in [6.07, 6.45) is 4.87. The number of nitrogens with zero attached hydrogens (tertiary/aromatic N) is 5. The number of anilines is 1. The Morgan fingerprint density at radius 2 is 2.22 bits per heavy atom. The monoisotopic (exact) mass is 319 g/mol. The Balaban J connectivity index is 2.10. The van der Waals surface area contributed by atoms with Crippen molar-refractivity contribution >= 4 is 11.6 Å². The van der Waals surface area contributed by atoms with Crippen molar-refractivity contribution in [3.63, 3.8) is 0 Å². The average molecular weight is 319 g/mol. The number of ether oxygens (including phenoxy) is 1. The minimum atomic E-state index is -0.510. The zero-order valence-electron chi connectivity index (χ0n) is 13.1. The minimum Gasteiger partial charge on any atom is -0.485 e. The van der Waals surface area contributed by atoms with Gasteiger partial charge in [0.25, 0.3) is 0 Å².